The highest BCUT2D eigenvalue weighted by Gasteiger charge is 2.32. The van der Waals surface area contributed by atoms with Gasteiger partial charge in [0.2, 0.25) is 0 Å². The quantitative estimate of drug-likeness (QED) is 0.719. The molecule has 1 N–H and O–H groups in total. The lowest BCUT2D eigenvalue weighted by Gasteiger charge is -2.26. The molecule has 1 heterocycles. The van der Waals surface area contributed by atoms with Crippen LogP contribution in [-0.2, 0) is 9.84 Å². The minimum atomic E-state index is -2.62. The van der Waals surface area contributed by atoms with Crippen LogP contribution in [0.4, 0.5) is 0 Å². The van der Waals surface area contributed by atoms with Gasteiger partial charge in [-0.05, 0) is 30.8 Å². The van der Waals surface area contributed by atoms with E-state index in [2.05, 4.69) is 26.1 Å². The molecule has 0 saturated carbocycles. The molecule has 1 fully saturated rings. The Morgan fingerprint density at radius 3 is 2.29 bits per heavy atom. The summed E-state index contributed by atoms with van der Waals surface area (Å²) in [6.07, 6.45) is 0.995. The largest absolute Gasteiger partial charge is 0.316 e. The third-order valence-corrected chi connectivity index (χ3v) is 4.32. The summed E-state index contributed by atoms with van der Waals surface area (Å²) in [7, 11) is -2.62. The molecule has 3 nitrogen and oxygen atoms in total. The predicted molar refractivity (Wildman–Crippen MR) is 59.1 cm³/mol. The summed E-state index contributed by atoms with van der Waals surface area (Å²) in [6, 6.07) is 0. The van der Waals surface area contributed by atoms with Crippen molar-refractivity contribution in [3.8, 4) is 0 Å². The first-order valence-electron chi connectivity index (χ1n) is 5.20. The Labute approximate surface area is 87.2 Å². The topological polar surface area (TPSA) is 46.2 Å². The molecule has 0 radical (unpaired) electrons. The van der Waals surface area contributed by atoms with Gasteiger partial charge in [-0.15, -0.1) is 0 Å². The monoisotopic (exact) mass is 219 g/mol. The van der Waals surface area contributed by atoms with E-state index >= 15 is 0 Å². The van der Waals surface area contributed by atoms with Crippen molar-refractivity contribution in [1.29, 1.82) is 0 Å². The number of hydrogen-bond acceptors (Lipinski definition) is 3. The van der Waals surface area contributed by atoms with E-state index in [1.165, 1.54) is 0 Å². The van der Waals surface area contributed by atoms with Gasteiger partial charge in [0.1, 0.15) is 0 Å². The van der Waals surface area contributed by atoms with Crippen LogP contribution in [0.1, 0.15) is 27.2 Å². The Morgan fingerprint density at radius 2 is 1.86 bits per heavy atom. The lowest BCUT2D eigenvalue weighted by molar-refractivity contribution is 0.369. The van der Waals surface area contributed by atoms with Crippen LogP contribution in [0.25, 0.3) is 0 Å². The summed E-state index contributed by atoms with van der Waals surface area (Å²) in [5.41, 5.74) is 0.311. The summed E-state index contributed by atoms with van der Waals surface area (Å²) in [4.78, 5) is 0. The van der Waals surface area contributed by atoms with Gasteiger partial charge in [-0.3, -0.25) is 0 Å². The van der Waals surface area contributed by atoms with E-state index in [9.17, 15) is 8.42 Å². The summed E-state index contributed by atoms with van der Waals surface area (Å²) in [5, 5.41) is 3.36. The standard InChI is InChI=1S/C10H21NO2S/c1-10(2,3)8-11-5-4-9-6-14(12,13)7-9/h9,11H,4-8H2,1-3H3. The molecule has 0 aromatic carbocycles. The van der Waals surface area contributed by atoms with E-state index in [0.29, 0.717) is 22.8 Å². The van der Waals surface area contributed by atoms with Gasteiger partial charge in [0.15, 0.2) is 9.84 Å². The van der Waals surface area contributed by atoms with Gasteiger partial charge in [-0.1, -0.05) is 20.8 Å². The molecule has 1 aliphatic rings. The van der Waals surface area contributed by atoms with Crippen molar-refractivity contribution >= 4 is 9.84 Å². The SMILES string of the molecule is CC(C)(C)CNCCC1CS(=O)(=O)C1. The van der Waals surface area contributed by atoms with Crippen LogP contribution in [0.15, 0.2) is 0 Å². The van der Waals surface area contributed by atoms with E-state index in [0.717, 1.165) is 19.5 Å². The Bertz CT molecular complexity index is 265. The maximum absolute atomic E-state index is 10.9. The molecule has 14 heavy (non-hydrogen) atoms. The molecule has 0 aromatic heterocycles. The van der Waals surface area contributed by atoms with Crippen molar-refractivity contribution in [2.75, 3.05) is 24.6 Å². The second-order valence-corrected chi connectivity index (χ2v) is 7.62. The zero-order valence-corrected chi connectivity index (χ0v) is 10.2. The molecule has 1 saturated heterocycles. The fourth-order valence-corrected chi connectivity index (χ4v) is 3.28. The van der Waals surface area contributed by atoms with Gasteiger partial charge in [-0.2, -0.15) is 0 Å². The van der Waals surface area contributed by atoms with Crippen LogP contribution in [0, 0.1) is 11.3 Å². The number of nitrogens with one attached hydrogen (secondary N) is 1. The maximum atomic E-state index is 10.9. The Morgan fingerprint density at radius 1 is 1.29 bits per heavy atom. The van der Waals surface area contributed by atoms with Crippen molar-refractivity contribution in [1.82, 2.24) is 5.32 Å². The third kappa shape index (κ3) is 4.42. The van der Waals surface area contributed by atoms with Crippen LogP contribution in [0.5, 0.6) is 0 Å². The van der Waals surface area contributed by atoms with Crippen LogP contribution < -0.4 is 5.32 Å². The Kier molecular flexibility index (Phi) is 3.58. The second-order valence-electron chi connectivity index (χ2n) is 5.47. The van der Waals surface area contributed by atoms with E-state index in [1.807, 2.05) is 0 Å². The van der Waals surface area contributed by atoms with Crippen LogP contribution >= 0.6 is 0 Å². The van der Waals surface area contributed by atoms with Crippen molar-refractivity contribution in [2.45, 2.75) is 27.2 Å². The van der Waals surface area contributed by atoms with Crippen molar-refractivity contribution in [3.05, 3.63) is 0 Å². The van der Waals surface area contributed by atoms with E-state index < -0.39 is 9.84 Å². The molecule has 0 aliphatic carbocycles. The number of rotatable bonds is 4. The van der Waals surface area contributed by atoms with E-state index in [4.69, 9.17) is 0 Å². The Hall–Kier alpha value is -0.0900. The minimum absolute atomic E-state index is 0.311. The first-order valence-corrected chi connectivity index (χ1v) is 7.02. The molecule has 0 atom stereocenters. The maximum Gasteiger partial charge on any atom is 0.150 e. The van der Waals surface area contributed by atoms with E-state index in [1.54, 1.807) is 0 Å². The summed E-state index contributed by atoms with van der Waals surface area (Å²) in [5.74, 6) is 1.22. The highest BCUT2D eigenvalue weighted by molar-refractivity contribution is 7.92. The molecule has 0 aromatic rings. The molecule has 0 amide bonds. The first kappa shape index (κ1) is 12.0. The first-order chi connectivity index (χ1) is 6.29. The molecule has 84 valence electrons. The Balaban J connectivity index is 2.02. The van der Waals surface area contributed by atoms with Gasteiger partial charge in [0.05, 0.1) is 11.5 Å². The normalized spacial score (nSPS) is 21.9. The van der Waals surface area contributed by atoms with Crippen LogP contribution in [0.3, 0.4) is 0 Å². The van der Waals surface area contributed by atoms with Gasteiger partial charge < -0.3 is 5.32 Å². The molecular formula is C10H21NO2S. The minimum Gasteiger partial charge on any atom is -0.316 e. The lowest BCUT2D eigenvalue weighted by atomic mass is 9.97. The molecule has 0 unspecified atom stereocenters. The number of sulfone groups is 1. The molecule has 4 heteroatoms. The smallest absolute Gasteiger partial charge is 0.150 e. The lowest BCUT2D eigenvalue weighted by Crippen LogP contribution is -2.38. The van der Waals surface area contributed by atoms with Crippen molar-refractivity contribution in [3.63, 3.8) is 0 Å². The van der Waals surface area contributed by atoms with E-state index in [-0.39, 0.29) is 0 Å². The highest BCUT2D eigenvalue weighted by atomic mass is 32.2. The summed E-state index contributed by atoms with van der Waals surface area (Å²) in [6.45, 7) is 8.50. The number of hydrogen-bond donors (Lipinski definition) is 1. The van der Waals surface area contributed by atoms with Crippen molar-refractivity contribution in [2.24, 2.45) is 11.3 Å². The summed E-state index contributed by atoms with van der Waals surface area (Å²) < 4.78 is 21.7. The predicted octanol–water partition coefficient (Wildman–Crippen LogP) is 1.06. The van der Waals surface area contributed by atoms with Gasteiger partial charge in [0.25, 0.3) is 0 Å². The molecule has 1 aliphatic heterocycles. The summed E-state index contributed by atoms with van der Waals surface area (Å²) >= 11 is 0. The van der Waals surface area contributed by atoms with Crippen LogP contribution in [0.2, 0.25) is 0 Å². The van der Waals surface area contributed by atoms with Gasteiger partial charge in [0, 0.05) is 0 Å². The van der Waals surface area contributed by atoms with Crippen LogP contribution in [-0.4, -0.2) is 33.0 Å². The zero-order valence-electron chi connectivity index (χ0n) is 9.34. The average Bonchev–Trinajstić information content (AvgIpc) is 1.92. The second kappa shape index (κ2) is 4.19. The molecule has 0 spiro atoms. The zero-order chi connectivity index (χ0) is 10.8. The van der Waals surface area contributed by atoms with Gasteiger partial charge >= 0.3 is 0 Å². The fraction of sp³-hybridized carbons (Fsp3) is 1.00. The highest BCUT2D eigenvalue weighted by Crippen LogP contribution is 2.20. The molecule has 0 bridgehead atoms. The van der Waals surface area contributed by atoms with Crippen molar-refractivity contribution < 1.29 is 8.42 Å². The average molecular weight is 219 g/mol. The third-order valence-electron chi connectivity index (χ3n) is 2.36. The fourth-order valence-electron chi connectivity index (χ4n) is 1.61. The molecule has 1 rings (SSSR count). The van der Waals surface area contributed by atoms with Gasteiger partial charge in [-0.25, -0.2) is 8.42 Å². The molecular weight excluding hydrogens is 198 g/mol.